The van der Waals surface area contributed by atoms with E-state index in [4.69, 9.17) is 16.1 Å². The Bertz CT molecular complexity index is 505. The number of aromatic nitrogens is 1. The highest BCUT2D eigenvalue weighted by atomic mass is 35.5. The molecule has 0 radical (unpaired) electrons. The molecule has 0 saturated heterocycles. The molecule has 1 heterocycles. The van der Waals surface area contributed by atoms with E-state index in [1.165, 1.54) is 6.92 Å². The Morgan fingerprint density at radius 1 is 1.38 bits per heavy atom. The molecule has 5 heteroatoms. The number of nitrogens with zero attached hydrogens (tertiary/aromatic N) is 1. The maximum Gasteiger partial charge on any atom is 0.231 e. The number of nitrogens with one attached hydrogen (secondary N) is 1. The van der Waals surface area contributed by atoms with Crippen molar-refractivity contribution in [1.29, 1.82) is 0 Å². The molecule has 0 aliphatic carbocycles. The van der Waals surface area contributed by atoms with Crippen molar-refractivity contribution in [3.63, 3.8) is 0 Å². The Hall–Kier alpha value is -1.81. The summed E-state index contributed by atoms with van der Waals surface area (Å²) in [7, 11) is 0. The summed E-state index contributed by atoms with van der Waals surface area (Å²) in [5, 5.41) is 7.01. The smallest absolute Gasteiger partial charge is 0.231 e. The molecule has 82 valence electrons. The van der Waals surface area contributed by atoms with E-state index in [1.807, 2.05) is 12.1 Å². The zero-order valence-corrected chi connectivity index (χ0v) is 9.28. The van der Waals surface area contributed by atoms with Crippen LogP contribution in [0.5, 0.6) is 0 Å². The summed E-state index contributed by atoms with van der Waals surface area (Å²) in [6.45, 7) is 1.41. The van der Waals surface area contributed by atoms with Crippen LogP contribution in [-0.2, 0) is 4.79 Å². The van der Waals surface area contributed by atoms with Gasteiger partial charge in [-0.05, 0) is 12.1 Å². The third-order valence-electron chi connectivity index (χ3n) is 1.95. The number of hydrogen-bond acceptors (Lipinski definition) is 3. The van der Waals surface area contributed by atoms with E-state index in [0.717, 1.165) is 5.56 Å². The highest BCUT2D eigenvalue weighted by molar-refractivity contribution is 6.30. The minimum atomic E-state index is -0.196. The van der Waals surface area contributed by atoms with Crippen LogP contribution in [0.2, 0.25) is 5.02 Å². The molecule has 2 aromatic rings. The summed E-state index contributed by atoms with van der Waals surface area (Å²) in [5.74, 6) is 0.135. The Labute approximate surface area is 97.2 Å². The van der Waals surface area contributed by atoms with Gasteiger partial charge in [0.05, 0.1) is 0 Å². The van der Waals surface area contributed by atoms with Crippen molar-refractivity contribution in [3.05, 3.63) is 35.4 Å². The van der Waals surface area contributed by atoms with E-state index in [2.05, 4.69) is 10.5 Å². The largest absolute Gasteiger partial charge is 0.338 e. The van der Waals surface area contributed by atoms with Gasteiger partial charge in [0.25, 0.3) is 0 Å². The lowest BCUT2D eigenvalue weighted by Gasteiger charge is -1.94. The normalized spacial score (nSPS) is 10.1. The summed E-state index contributed by atoms with van der Waals surface area (Å²) in [6, 6.07) is 8.85. The molecule has 2 rings (SSSR count). The van der Waals surface area contributed by atoms with Crippen LogP contribution >= 0.6 is 11.6 Å². The van der Waals surface area contributed by atoms with Crippen molar-refractivity contribution < 1.29 is 9.32 Å². The summed E-state index contributed by atoms with van der Waals surface area (Å²) >= 11 is 5.77. The van der Waals surface area contributed by atoms with E-state index in [9.17, 15) is 4.79 Å². The average Bonchev–Trinajstić information content (AvgIpc) is 2.66. The average molecular weight is 237 g/mol. The molecular weight excluding hydrogens is 228 g/mol. The number of carbonyl (C=O) groups is 1. The lowest BCUT2D eigenvalue weighted by molar-refractivity contribution is -0.114. The SMILES string of the molecule is CC(=O)Nc1cc(-c2ccc(Cl)cc2)no1. The fourth-order valence-corrected chi connectivity index (χ4v) is 1.39. The number of anilines is 1. The van der Waals surface area contributed by atoms with E-state index < -0.39 is 0 Å². The molecule has 0 fully saturated rings. The first-order valence-electron chi connectivity index (χ1n) is 4.65. The van der Waals surface area contributed by atoms with Gasteiger partial charge in [-0.1, -0.05) is 28.9 Å². The predicted octanol–water partition coefficient (Wildman–Crippen LogP) is 2.95. The molecule has 0 saturated carbocycles. The minimum Gasteiger partial charge on any atom is -0.338 e. The van der Waals surface area contributed by atoms with E-state index in [1.54, 1.807) is 18.2 Å². The Kier molecular flexibility index (Phi) is 2.92. The Morgan fingerprint density at radius 2 is 2.06 bits per heavy atom. The van der Waals surface area contributed by atoms with Crippen LogP contribution in [0, 0.1) is 0 Å². The van der Waals surface area contributed by atoms with Gasteiger partial charge in [0.1, 0.15) is 5.69 Å². The molecule has 0 aliphatic heterocycles. The highest BCUT2D eigenvalue weighted by Crippen LogP contribution is 2.23. The zero-order valence-electron chi connectivity index (χ0n) is 8.53. The third-order valence-corrected chi connectivity index (χ3v) is 2.20. The van der Waals surface area contributed by atoms with Gasteiger partial charge in [0, 0.05) is 23.6 Å². The van der Waals surface area contributed by atoms with Gasteiger partial charge in [0.2, 0.25) is 11.8 Å². The van der Waals surface area contributed by atoms with Gasteiger partial charge in [0.15, 0.2) is 0 Å². The minimum absolute atomic E-state index is 0.196. The molecular formula is C11H9ClN2O2. The number of carbonyl (C=O) groups excluding carboxylic acids is 1. The molecule has 0 aliphatic rings. The molecule has 16 heavy (non-hydrogen) atoms. The summed E-state index contributed by atoms with van der Waals surface area (Å²) in [5.41, 5.74) is 1.53. The van der Waals surface area contributed by atoms with Gasteiger partial charge in [-0.3, -0.25) is 10.1 Å². The highest BCUT2D eigenvalue weighted by Gasteiger charge is 2.06. The third kappa shape index (κ3) is 2.41. The summed E-state index contributed by atoms with van der Waals surface area (Å²) in [6.07, 6.45) is 0. The summed E-state index contributed by atoms with van der Waals surface area (Å²) < 4.78 is 4.95. The molecule has 0 atom stereocenters. The van der Waals surface area contributed by atoms with Crippen molar-refractivity contribution in [1.82, 2.24) is 5.16 Å². The van der Waals surface area contributed by atoms with Crippen LogP contribution in [0.1, 0.15) is 6.92 Å². The quantitative estimate of drug-likeness (QED) is 0.872. The second-order valence-corrected chi connectivity index (χ2v) is 3.70. The first-order valence-corrected chi connectivity index (χ1v) is 5.03. The molecule has 1 aromatic carbocycles. The molecule has 0 unspecified atom stereocenters. The van der Waals surface area contributed by atoms with Crippen molar-refractivity contribution in [2.45, 2.75) is 6.92 Å². The maximum atomic E-state index is 10.8. The molecule has 0 bridgehead atoms. The molecule has 1 amide bonds. The molecule has 0 spiro atoms. The number of halogens is 1. The number of benzene rings is 1. The molecule has 1 N–H and O–H groups in total. The van der Waals surface area contributed by atoms with Crippen LogP contribution < -0.4 is 5.32 Å². The predicted molar refractivity (Wildman–Crippen MR) is 61.3 cm³/mol. The molecule has 1 aromatic heterocycles. The summed E-state index contributed by atoms with van der Waals surface area (Å²) in [4.78, 5) is 10.8. The number of amides is 1. The lowest BCUT2D eigenvalue weighted by atomic mass is 10.1. The lowest BCUT2D eigenvalue weighted by Crippen LogP contribution is -2.04. The van der Waals surface area contributed by atoms with Gasteiger partial charge in [-0.2, -0.15) is 0 Å². The maximum absolute atomic E-state index is 10.8. The topological polar surface area (TPSA) is 55.1 Å². The van der Waals surface area contributed by atoms with Crippen molar-refractivity contribution in [2.24, 2.45) is 0 Å². The number of rotatable bonds is 2. The zero-order chi connectivity index (χ0) is 11.5. The monoisotopic (exact) mass is 236 g/mol. The van der Waals surface area contributed by atoms with Gasteiger partial charge in [-0.25, -0.2) is 0 Å². The number of hydrogen-bond donors (Lipinski definition) is 1. The fourth-order valence-electron chi connectivity index (χ4n) is 1.26. The standard InChI is InChI=1S/C11H9ClN2O2/c1-7(15)13-11-6-10(14-16-11)8-2-4-9(12)5-3-8/h2-6H,1H3,(H,13,15). The first kappa shape index (κ1) is 10.7. The van der Waals surface area contributed by atoms with Crippen molar-refractivity contribution >= 4 is 23.4 Å². The Morgan fingerprint density at radius 3 is 2.69 bits per heavy atom. The van der Waals surface area contributed by atoms with Gasteiger partial charge in [-0.15, -0.1) is 0 Å². The van der Waals surface area contributed by atoms with Crippen molar-refractivity contribution in [2.75, 3.05) is 5.32 Å². The van der Waals surface area contributed by atoms with E-state index in [0.29, 0.717) is 16.6 Å². The van der Waals surface area contributed by atoms with E-state index >= 15 is 0 Å². The van der Waals surface area contributed by atoms with Gasteiger partial charge >= 0.3 is 0 Å². The fraction of sp³-hybridized carbons (Fsp3) is 0.0909. The van der Waals surface area contributed by atoms with Crippen molar-refractivity contribution in [3.8, 4) is 11.3 Å². The van der Waals surface area contributed by atoms with Crippen LogP contribution in [0.4, 0.5) is 5.88 Å². The van der Waals surface area contributed by atoms with Crippen LogP contribution in [0.25, 0.3) is 11.3 Å². The molecule has 4 nitrogen and oxygen atoms in total. The second-order valence-electron chi connectivity index (χ2n) is 3.26. The Balaban J connectivity index is 2.24. The van der Waals surface area contributed by atoms with Crippen LogP contribution in [0.15, 0.2) is 34.9 Å². The van der Waals surface area contributed by atoms with E-state index in [-0.39, 0.29) is 5.91 Å². The van der Waals surface area contributed by atoms with Crippen LogP contribution in [0.3, 0.4) is 0 Å². The first-order chi connectivity index (χ1) is 7.65. The van der Waals surface area contributed by atoms with Gasteiger partial charge < -0.3 is 4.52 Å². The second kappa shape index (κ2) is 4.37. The van der Waals surface area contributed by atoms with Crippen LogP contribution in [-0.4, -0.2) is 11.1 Å².